The molecule has 0 saturated carbocycles. The zero-order valence-electron chi connectivity index (χ0n) is 25.2. The highest BCUT2D eigenvalue weighted by atomic mass is 16.4. The van der Waals surface area contributed by atoms with E-state index < -0.39 is 60.2 Å². The number of aromatic amines is 3. The van der Waals surface area contributed by atoms with Crippen LogP contribution in [-0.4, -0.2) is 78.8 Å². The summed E-state index contributed by atoms with van der Waals surface area (Å²) in [5.74, 6) is -4.34. The van der Waals surface area contributed by atoms with Gasteiger partial charge in [-0.15, -0.1) is 0 Å². The van der Waals surface area contributed by atoms with Crippen LogP contribution < -0.4 is 27.4 Å². The van der Waals surface area contributed by atoms with Crippen molar-refractivity contribution in [3.63, 3.8) is 0 Å². The third-order valence-corrected chi connectivity index (χ3v) is 7.82. The normalized spacial score (nSPS) is 13.8. The van der Waals surface area contributed by atoms with E-state index in [0.717, 1.165) is 21.8 Å². The van der Waals surface area contributed by atoms with Gasteiger partial charge in [-0.05, 0) is 23.3 Å². The summed E-state index contributed by atoms with van der Waals surface area (Å²) in [7, 11) is 0. The molecule has 3 aromatic heterocycles. The van der Waals surface area contributed by atoms with Gasteiger partial charge in [-0.1, -0.05) is 36.4 Å². The number of aromatic nitrogens is 4. The number of hydrogen-bond acceptors (Lipinski definition) is 7. The van der Waals surface area contributed by atoms with Gasteiger partial charge in [0.15, 0.2) is 0 Å². The molecule has 0 aliphatic heterocycles. The molecule has 0 spiro atoms. The molecule has 0 fully saturated rings. The van der Waals surface area contributed by atoms with Crippen LogP contribution in [0.15, 0.2) is 73.4 Å². The predicted molar refractivity (Wildman–Crippen MR) is 172 cm³/mol. The monoisotopic (exact) mass is 641 g/mol. The Morgan fingerprint density at radius 1 is 0.723 bits per heavy atom. The minimum Gasteiger partial charge on any atom is -0.480 e. The van der Waals surface area contributed by atoms with Crippen LogP contribution in [0.25, 0.3) is 21.8 Å². The molecule has 4 unspecified atom stereocenters. The SMILES string of the molecule is NC(=O)CC(N)C(=O)NC(Cc1c[nH]c2ccccc12)C(=O)NC(Cc1cnc[nH]1)C(=O)NC(Cc1c[nH]c2ccccc12)C(=O)O. The first kappa shape index (κ1) is 32.4. The number of primary amides is 1. The number of fused-ring (bicyclic) bond motifs is 2. The Labute approximate surface area is 267 Å². The average Bonchev–Trinajstić information content (AvgIpc) is 3.80. The second-order valence-corrected chi connectivity index (χ2v) is 11.2. The summed E-state index contributed by atoms with van der Waals surface area (Å²) in [4.78, 5) is 77.2. The zero-order valence-corrected chi connectivity index (χ0v) is 25.2. The first-order chi connectivity index (χ1) is 22.6. The Balaban J connectivity index is 1.38. The Bertz CT molecular complexity index is 1900. The number of imidazole rings is 1. The molecule has 11 N–H and O–H groups in total. The molecule has 0 radical (unpaired) electrons. The molecule has 15 heteroatoms. The van der Waals surface area contributed by atoms with Gasteiger partial charge in [-0.25, -0.2) is 9.78 Å². The van der Waals surface area contributed by atoms with Gasteiger partial charge in [0.1, 0.15) is 18.1 Å². The smallest absolute Gasteiger partial charge is 0.326 e. The van der Waals surface area contributed by atoms with Crippen LogP contribution in [0.4, 0.5) is 0 Å². The number of carboxylic acids is 1. The van der Waals surface area contributed by atoms with E-state index in [2.05, 4.69) is 35.9 Å². The molecule has 5 aromatic rings. The third-order valence-electron chi connectivity index (χ3n) is 7.82. The number of aliphatic carboxylic acids is 1. The standard InChI is InChI=1S/C32H35N9O6/c33-22(12-28(34)42)29(43)39-25(9-17-13-36-23-7-3-1-5-20(17)23)30(44)40-26(11-19-15-35-16-38-19)31(45)41-27(32(46)47)10-18-14-37-24-8-4-2-6-21(18)24/h1-8,13-16,22,25-27,36-37H,9-12,33H2,(H2,34,42)(H,35,38)(H,39,43)(H,40,44)(H,41,45)(H,46,47). The highest BCUT2D eigenvalue weighted by Gasteiger charge is 2.32. The number of carbonyl (C=O) groups is 5. The fourth-order valence-corrected chi connectivity index (χ4v) is 5.41. The fourth-order valence-electron chi connectivity index (χ4n) is 5.41. The van der Waals surface area contributed by atoms with E-state index in [1.165, 1.54) is 12.5 Å². The van der Waals surface area contributed by atoms with E-state index in [9.17, 15) is 29.1 Å². The number of benzene rings is 2. The van der Waals surface area contributed by atoms with Crippen LogP contribution in [0, 0.1) is 0 Å². The van der Waals surface area contributed by atoms with Crippen LogP contribution in [-0.2, 0) is 43.2 Å². The second-order valence-electron chi connectivity index (χ2n) is 11.2. The van der Waals surface area contributed by atoms with Gasteiger partial charge in [-0.2, -0.15) is 0 Å². The molecule has 47 heavy (non-hydrogen) atoms. The van der Waals surface area contributed by atoms with Crippen molar-refractivity contribution in [1.82, 2.24) is 35.9 Å². The van der Waals surface area contributed by atoms with Crippen molar-refractivity contribution in [1.29, 1.82) is 0 Å². The van der Waals surface area contributed by atoms with Crippen molar-refractivity contribution in [3.8, 4) is 0 Å². The van der Waals surface area contributed by atoms with Crippen LogP contribution >= 0.6 is 0 Å². The first-order valence-corrected chi connectivity index (χ1v) is 14.8. The van der Waals surface area contributed by atoms with Crippen LogP contribution in [0.3, 0.4) is 0 Å². The van der Waals surface area contributed by atoms with E-state index in [1.54, 1.807) is 12.4 Å². The number of rotatable bonds is 15. The fraction of sp³-hybridized carbons (Fsp3) is 0.250. The maximum atomic E-state index is 13.9. The van der Waals surface area contributed by atoms with Gasteiger partial charge in [-0.3, -0.25) is 19.2 Å². The van der Waals surface area contributed by atoms with Crippen molar-refractivity contribution >= 4 is 51.4 Å². The summed E-state index contributed by atoms with van der Waals surface area (Å²) in [6, 6.07) is 9.63. The molecule has 0 bridgehead atoms. The lowest BCUT2D eigenvalue weighted by molar-refractivity contribution is -0.142. The number of H-pyrrole nitrogens is 3. The van der Waals surface area contributed by atoms with Gasteiger partial charge in [0.2, 0.25) is 23.6 Å². The summed E-state index contributed by atoms with van der Waals surface area (Å²) in [6.45, 7) is 0. The van der Waals surface area contributed by atoms with E-state index in [4.69, 9.17) is 11.5 Å². The number of amides is 4. The average molecular weight is 642 g/mol. The van der Waals surface area contributed by atoms with Gasteiger partial charge in [0.25, 0.3) is 0 Å². The summed E-state index contributed by atoms with van der Waals surface area (Å²) >= 11 is 0. The van der Waals surface area contributed by atoms with Crippen LogP contribution in [0.2, 0.25) is 0 Å². The molecule has 244 valence electrons. The summed E-state index contributed by atoms with van der Waals surface area (Å²) in [6.07, 6.45) is 5.75. The number of para-hydroxylation sites is 2. The lowest BCUT2D eigenvalue weighted by atomic mass is 10.0. The number of nitrogens with zero attached hydrogens (tertiary/aromatic N) is 1. The highest BCUT2D eigenvalue weighted by Crippen LogP contribution is 2.21. The Kier molecular flexibility index (Phi) is 9.96. The molecule has 0 aliphatic carbocycles. The minimum atomic E-state index is -1.32. The van der Waals surface area contributed by atoms with E-state index in [-0.39, 0.29) is 19.3 Å². The number of nitrogens with two attached hydrogens (primary N) is 2. The zero-order chi connectivity index (χ0) is 33.5. The first-order valence-electron chi connectivity index (χ1n) is 14.8. The van der Waals surface area contributed by atoms with Gasteiger partial charge < -0.3 is 47.5 Å². The summed E-state index contributed by atoms with van der Waals surface area (Å²) < 4.78 is 0. The summed E-state index contributed by atoms with van der Waals surface area (Å²) in [5.41, 5.74) is 14.6. The predicted octanol–water partition coefficient (Wildman–Crippen LogP) is 0.142. The quantitative estimate of drug-likeness (QED) is 0.0758. The van der Waals surface area contributed by atoms with Crippen molar-refractivity contribution in [2.24, 2.45) is 11.5 Å². The number of nitrogens with one attached hydrogen (secondary N) is 6. The van der Waals surface area contributed by atoms with Gasteiger partial charge >= 0.3 is 5.97 Å². The Hall–Kier alpha value is -5.96. The maximum Gasteiger partial charge on any atom is 0.326 e. The minimum absolute atomic E-state index is 0.00158. The topological polar surface area (TPSA) is 254 Å². The second kappa shape index (κ2) is 14.4. The molecule has 4 atom stereocenters. The van der Waals surface area contributed by atoms with Gasteiger partial charge in [0.05, 0.1) is 18.8 Å². The highest BCUT2D eigenvalue weighted by molar-refractivity contribution is 5.96. The molecule has 4 amide bonds. The van der Waals surface area contributed by atoms with Gasteiger partial charge in [0, 0.05) is 65.4 Å². The largest absolute Gasteiger partial charge is 0.480 e. The Morgan fingerprint density at radius 3 is 1.77 bits per heavy atom. The lowest BCUT2D eigenvalue weighted by Crippen LogP contribution is -2.58. The third kappa shape index (κ3) is 8.01. The number of carbonyl (C=O) groups excluding carboxylic acids is 4. The van der Waals surface area contributed by atoms with Crippen molar-refractivity contribution < 1.29 is 29.1 Å². The van der Waals surface area contributed by atoms with Crippen LogP contribution in [0.1, 0.15) is 23.2 Å². The molecule has 0 saturated heterocycles. The molecule has 0 aliphatic rings. The maximum absolute atomic E-state index is 13.9. The van der Waals surface area contributed by atoms with E-state index in [0.29, 0.717) is 16.8 Å². The van der Waals surface area contributed by atoms with Crippen molar-refractivity contribution in [2.45, 2.75) is 49.9 Å². The van der Waals surface area contributed by atoms with Crippen LogP contribution in [0.5, 0.6) is 0 Å². The summed E-state index contributed by atoms with van der Waals surface area (Å²) in [5, 5.41) is 19.5. The molecular weight excluding hydrogens is 606 g/mol. The molecule has 2 aromatic carbocycles. The molecule has 15 nitrogen and oxygen atoms in total. The Morgan fingerprint density at radius 2 is 1.23 bits per heavy atom. The van der Waals surface area contributed by atoms with Crippen molar-refractivity contribution in [2.75, 3.05) is 0 Å². The molecule has 5 rings (SSSR count). The van der Waals surface area contributed by atoms with E-state index in [1.807, 2.05) is 48.5 Å². The molecule has 3 heterocycles. The number of hydrogen-bond donors (Lipinski definition) is 9. The number of carboxylic acid groups (broad SMARTS) is 1. The lowest BCUT2D eigenvalue weighted by Gasteiger charge is -2.25. The van der Waals surface area contributed by atoms with E-state index >= 15 is 0 Å². The van der Waals surface area contributed by atoms with Crippen molar-refractivity contribution in [3.05, 3.63) is 90.3 Å². The molecular formula is C32H35N9O6.